The van der Waals surface area contributed by atoms with Crippen LogP contribution >= 0.6 is 0 Å². The van der Waals surface area contributed by atoms with Crippen molar-refractivity contribution in [1.82, 2.24) is 4.98 Å². The molecule has 2 aromatic rings. The summed E-state index contributed by atoms with van der Waals surface area (Å²) in [6, 6.07) is 16.0. The summed E-state index contributed by atoms with van der Waals surface area (Å²) < 4.78 is 6.27. The molecule has 4 rings (SSSR count). The van der Waals surface area contributed by atoms with Crippen LogP contribution in [0, 0.1) is 23.2 Å². The number of nitrogens with zero attached hydrogens (tertiary/aromatic N) is 3. The van der Waals surface area contributed by atoms with Crippen molar-refractivity contribution in [2.24, 2.45) is 11.8 Å². The van der Waals surface area contributed by atoms with Gasteiger partial charge in [-0.3, -0.25) is 0 Å². The lowest BCUT2D eigenvalue weighted by molar-refractivity contribution is 0.103. The minimum Gasteiger partial charge on any atom is -0.490 e. The van der Waals surface area contributed by atoms with Gasteiger partial charge in [0.2, 0.25) is 0 Å². The monoisotopic (exact) mass is 305 g/mol. The number of piperidine rings is 1. The Kier molecular flexibility index (Phi) is 3.63. The Morgan fingerprint density at radius 1 is 1.04 bits per heavy atom. The Morgan fingerprint density at radius 2 is 1.78 bits per heavy atom. The zero-order valence-corrected chi connectivity index (χ0v) is 12.9. The van der Waals surface area contributed by atoms with Crippen LogP contribution < -0.4 is 9.64 Å². The number of benzene rings is 1. The molecule has 1 aromatic carbocycles. The molecular weight excluding hydrogens is 286 g/mol. The van der Waals surface area contributed by atoms with Gasteiger partial charge in [0, 0.05) is 31.1 Å². The van der Waals surface area contributed by atoms with Crippen LogP contribution in [-0.2, 0) is 0 Å². The average molecular weight is 305 g/mol. The third kappa shape index (κ3) is 2.75. The van der Waals surface area contributed by atoms with E-state index in [1.807, 2.05) is 42.5 Å². The SMILES string of the molecule is N#Cc1ccc(N2C[C@H]3CC[C@@H](C2)[C@@H]3Oc2ccccc2)nc1. The first-order valence-corrected chi connectivity index (χ1v) is 8.16. The minimum absolute atomic E-state index is 0.312. The van der Waals surface area contributed by atoms with Gasteiger partial charge < -0.3 is 9.64 Å². The number of hydrogen-bond donors (Lipinski definition) is 0. The van der Waals surface area contributed by atoms with E-state index < -0.39 is 0 Å². The Labute approximate surface area is 136 Å². The van der Waals surface area contributed by atoms with Crippen molar-refractivity contribution in [1.29, 1.82) is 5.26 Å². The summed E-state index contributed by atoms with van der Waals surface area (Å²) in [5.41, 5.74) is 0.610. The fraction of sp³-hybridized carbons (Fsp3) is 0.368. The van der Waals surface area contributed by atoms with Gasteiger partial charge in [-0.05, 0) is 37.1 Å². The van der Waals surface area contributed by atoms with Crippen LogP contribution in [0.3, 0.4) is 0 Å². The number of aromatic nitrogens is 1. The van der Waals surface area contributed by atoms with Gasteiger partial charge >= 0.3 is 0 Å². The van der Waals surface area contributed by atoms with Crippen LogP contribution in [0.15, 0.2) is 48.7 Å². The lowest BCUT2D eigenvalue weighted by Gasteiger charge is -2.38. The number of fused-ring (bicyclic) bond motifs is 2. The highest BCUT2D eigenvalue weighted by atomic mass is 16.5. The van der Waals surface area contributed by atoms with Crippen LogP contribution in [0.1, 0.15) is 18.4 Å². The van der Waals surface area contributed by atoms with Crippen molar-refractivity contribution in [2.75, 3.05) is 18.0 Å². The number of anilines is 1. The molecule has 1 saturated carbocycles. The predicted octanol–water partition coefficient (Wildman–Crippen LogP) is 3.25. The van der Waals surface area contributed by atoms with E-state index in [1.54, 1.807) is 6.20 Å². The smallest absolute Gasteiger partial charge is 0.128 e. The third-order valence-corrected chi connectivity index (χ3v) is 4.96. The molecule has 1 saturated heterocycles. The van der Waals surface area contributed by atoms with Gasteiger partial charge in [0.1, 0.15) is 23.7 Å². The molecule has 0 spiro atoms. The van der Waals surface area contributed by atoms with E-state index in [0.29, 0.717) is 23.5 Å². The molecule has 0 unspecified atom stereocenters. The predicted molar refractivity (Wildman–Crippen MR) is 88.2 cm³/mol. The van der Waals surface area contributed by atoms with Crippen molar-refractivity contribution in [3.05, 3.63) is 54.2 Å². The normalized spacial score (nSPS) is 25.9. The van der Waals surface area contributed by atoms with Gasteiger partial charge in [0.05, 0.1) is 5.56 Å². The fourth-order valence-corrected chi connectivity index (χ4v) is 3.85. The molecule has 23 heavy (non-hydrogen) atoms. The molecule has 2 fully saturated rings. The summed E-state index contributed by atoms with van der Waals surface area (Å²) in [6.07, 6.45) is 4.40. The van der Waals surface area contributed by atoms with Crippen LogP contribution in [0.2, 0.25) is 0 Å². The first kappa shape index (κ1) is 14.1. The first-order valence-electron chi connectivity index (χ1n) is 8.16. The fourth-order valence-electron chi connectivity index (χ4n) is 3.85. The molecule has 0 N–H and O–H groups in total. The topological polar surface area (TPSA) is 49.2 Å². The molecule has 1 aliphatic carbocycles. The number of pyridine rings is 1. The van der Waals surface area contributed by atoms with E-state index >= 15 is 0 Å². The van der Waals surface area contributed by atoms with Gasteiger partial charge in [-0.25, -0.2) is 4.98 Å². The van der Waals surface area contributed by atoms with Gasteiger partial charge in [-0.1, -0.05) is 18.2 Å². The van der Waals surface area contributed by atoms with Gasteiger partial charge in [-0.2, -0.15) is 5.26 Å². The standard InChI is InChI=1S/C19H19N3O/c20-10-14-6-9-18(21-11-14)22-12-15-7-8-16(13-22)19(15)23-17-4-2-1-3-5-17/h1-6,9,11,15-16,19H,7-8,12-13H2/t15-,16+,19-. The number of hydrogen-bond acceptors (Lipinski definition) is 4. The molecule has 1 aromatic heterocycles. The molecule has 3 atom stereocenters. The van der Waals surface area contributed by atoms with Crippen molar-refractivity contribution >= 4 is 5.82 Å². The Hall–Kier alpha value is -2.54. The summed E-state index contributed by atoms with van der Waals surface area (Å²) >= 11 is 0. The zero-order valence-electron chi connectivity index (χ0n) is 12.9. The van der Waals surface area contributed by atoms with Gasteiger partial charge in [0.25, 0.3) is 0 Å². The molecule has 2 aliphatic rings. The van der Waals surface area contributed by atoms with Gasteiger partial charge in [-0.15, -0.1) is 0 Å². The zero-order chi connectivity index (χ0) is 15.6. The molecule has 4 nitrogen and oxygen atoms in total. The molecule has 0 radical (unpaired) electrons. The Balaban J connectivity index is 1.48. The van der Waals surface area contributed by atoms with Crippen molar-refractivity contribution in [3.63, 3.8) is 0 Å². The summed E-state index contributed by atoms with van der Waals surface area (Å²) in [5, 5.41) is 8.89. The molecule has 4 heteroatoms. The number of ether oxygens (including phenoxy) is 1. The molecule has 2 heterocycles. The maximum atomic E-state index is 8.89. The van der Waals surface area contributed by atoms with Crippen LogP contribution in [0.25, 0.3) is 0 Å². The number of nitriles is 1. The highest BCUT2D eigenvalue weighted by Gasteiger charge is 2.43. The maximum absolute atomic E-state index is 8.89. The minimum atomic E-state index is 0.312. The van der Waals surface area contributed by atoms with E-state index in [2.05, 4.69) is 16.0 Å². The van der Waals surface area contributed by atoms with Crippen molar-refractivity contribution in [2.45, 2.75) is 18.9 Å². The molecule has 0 amide bonds. The van der Waals surface area contributed by atoms with E-state index in [0.717, 1.165) is 24.7 Å². The van der Waals surface area contributed by atoms with Crippen molar-refractivity contribution in [3.8, 4) is 11.8 Å². The van der Waals surface area contributed by atoms with Gasteiger partial charge in [0.15, 0.2) is 0 Å². The number of para-hydroxylation sites is 1. The summed E-state index contributed by atoms with van der Waals surface area (Å²) in [6.45, 7) is 1.96. The van der Waals surface area contributed by atoms with E-state index in [4.69, 9.17) is 10.00 Å². The molecule has 1 aliphatic heterocycles. The van der Waals surface area contributed by atoms with Crippen molar-refractivity contribution < 1.29 is 4.74 Å². The molecule has 2 bridgehead atoms. The second-order valence-electron chi connectivity index (χ2n) is 6.41. The molecule has 116 valence electrons. The van der Waals surface area contributed by atoms with Crippen LogP contribution in [0.5, 0.6) is 5.75 Å². The van der Waals surface area contributed by atoms with Crippen LogP contribution in [0.4, 0.5) is 5.82 Å². The summed E-state index contributed by atoms with van der Waals surface area (Å²) in [5.74, 6) is 3.04. The molecular formula is C19H19N3O. The van der Waals surface area contributed by atoms with Crippen LogP contribution in [-0.4, -0.2) is 24.2 Å². The highest BCUT2D eigenvalue weighted by molar-refractivity contribution is 5.43. The largest absolute Gasteiger partial charge is 0.490 e. The Bertz CT molecular complexity index is 694. The van der Waals surface area contributed by atoms with E-state index in [1.165, 1.54) is 12.8 Å². The third-order valence-electron chi connectivity index (χ3n) is 4.96. The lowest BCUT2D eigenvalue weighted by atomic mass is 9.94. The number of rotatable bonds is 3. The van der Waals surface area contributed by atoms with E-state index in [9.17, 15) is 0 Å². The first-order chi connectivity index (χ1) is 11.3. The highest BCUT2D eigenvalue weighted by Crippen LogP contribution is 2.40. The maximum Gasteiger partial charge on any atom is 0.128 e. The Morgan fingerprint density at radius 3 is 2.39 bits per heavy atom. The average Bonchev–Trinajstić information content (AvgIpc) is 2.84. The second-order valence-corrected chi connectivity index (χ2v) is 6.41. The summed E-state index contributed by atoms with van der Waals surface area (Å²) in [7, 11) is 0. The quantitative estimate of drug-likeness (QED) is 0.873. The van der Waals surface area contributed by atoms with E-state index in [-0.39, 0.29) is 0 Å². The second kappa shape index (κ2) is 5.92. The lowest BCUT2D eigenvalue weighted by Crippen LogP contribution is -2.47. The summed E-state index contributed by atoms with van der Waals surface area (Å²) in [4.78, 5) is 6.78.